The smallest absolute Gasteiger partial charge is 0.106 e. The van der Waals surface area contributed by atoms with Crippen molar-refractivity contribution in [1.29, 1.82) is 0 Å². The fourth-order valence-electron chi connectivity index (χ4n) is 2.85. The van der Waals surface area contributed by atoms with Crippen LogP contribution in [0.3, 0.4) is 0 Å². The van der Waals surface area contributed by atoms with E-state index in [2.05, 4.69) is 56.4 Å². The molecule has 0 aliphatic rings. The van der Waals surface area contributed by atoms with Gasteiger partial charge in [-0.05, 0) is 50.4 Å². The minimum atomic E-state index is 0.221. The molecule has 2 nitrogen and oxygen atoms in total. The average Bonchev–Trinajstić information content (AvgIpc) is 2.79. The Kier molecular flexibility index (Phi) is 5.63. The third-order valence-electron chi connectivity index (χ3n) is 3.81. The minimum Gasteiger partial charge on any atom is -0.466 e. The predicted octanol–water partition coefficient (Wildman–Crippen LogP) is 4.94. The second kappa shape index (κ2) is 7.46. The van der Waals surface area contributed by atoms with Gasteiger partial charge in [-0.1, -0.05) is 44.5 Å². The molecule has 0 aliphatic heterocycles. The van der Waals surface area contributed by atoms with Gasteiger partial charge in [-0.15, -0.1) is 0 Å². The fourth-order valence-corrected chi connectivity index (χ4v) is 2.85. The van der Waals surface area contributed by atoms with E-state index in [4.69, 9.17) is 4.42 Å². The van der Waals surface area contributed by atoms with Crippen molar-refractivity contribution >= 4 is 0 Å². The molecule has 1 N–H and O–H groups in total. The maximum Gasteiger partial charge on any atom is 0.106 e. The average molecular weight is 285 g/mol. The molecule has 0 saturated carbocycles. The summed E-state index contributed by atoms with van der Waals surface area (Å²) in [6.07, 6.45) is 3.44. The highest BCUT2D eigenvalue weighted by molar-refractivity contribution is 5.36. The van der Waals surface area contributed by atoms with Crippen LogP contribution in [0.1, 0.15) is 60.9 Å². The maximum atomic E-state index is 5.73. The molecule has 0 fully saturated rings. The van der Waals surface area contributed by atoms with Crippen molar-refractivity contribution in [2.24, 2.45) is 0 Å². The van der Waals surface area contributed by atoms with Crippen molar-refractivity contribution < 1.29 is 4.42 Å². The lowest BCUT2D eigenvalue weighted by Gasteiger charge is -2.19. The molecule has 0 aliphatic carbocycles. The highest BCUT2D eigenvalue weighted by Gasteiger charge is 2.18. The zero-order chi connectivity index (χ0) is 15.2. The Morgan fingerprint density at radius 2 is 1.90 bits per heavy atom. The third kappa shape index (κ3) is 3.98. The summed E-state index contributed by atoms with van der Waals surface area (Å²) in [6.45, 7) is 9.50. The molecule has 0 spiro atoms. The summed E-state index contributed by atoms with van der Waals surface area (Å²) in [5.74, 6) is 2.00. The Balaban J connectivity index is 2.35. The van der Waals surface area contributed by atoms with Crippen LogP contribution in [0.2, 0.25) is 0 Å². The van der Waals surface area contributed by atoms with Crippen molar-refractivity contribution in [3.05, 3.63) is 58.5 Å². The topological polar surface area (TPSA) is 25.2 Å². The Bertz CT molecular complexity index is 571. The molecule has 0 saturated heterocycles. The van der Waals surface area contributed by atoms with E-state index in [1.807, 2.05) is 6.92 Å². The molecule has 1 atom stereocenters. The van der Waals surface area contributed by atoms with Crippen molar-refractivity contribution in [2.75, 3.05) is 6.54 Å². The molecular weight excluding hydrogens is 258 g/mol. The van der Waals surface area contributed by atoms with Crippen LogP contribution in [0.5, 0.6) is 0 Å². The molecule has 114 valence electrons. The summed E-state index contributed by atoms with van der Waals surface area (Å²) in [5.41, 5.74) is 4.00. The van der Waals surface area contributed by atoms with E-state index < -0.39 is 0 Å². The van der Waals surface area contributed by atoms with E-state index in [1.54, 1.807) is 0 Å². The van der Waals surface area contributed by atoms with Crippen LogP contribution in [-0.4, -0.2) is 6.54 Å². The molecule has 2 aromatic rings. The molecule has 0 radical (unpaired) electrons. The lowest BCUT2D eigenvalue weighted by Crippen LogP contribution is -2.23. The Morgan fingerprint density at radius 3 is 2.52 bits per heavy atom. The van der Waals surface area contributed by atoms with Crippen molar-refractivity contribution in [2.45, 2.75) is 53.0 Å². The Hall–Kier alpha value is -1.54. The first-order valence-electron chi connectivity index (χ1n) is 8.04. The van der Waals surface area contributed by atoms with Crippen LogP contribution in [0.15, 0.2) is 34.7 Å². The van der Waals surface area contributed by atoms with E-state index in [9.17, 15) is 0 Å². The SMILES string of the molecule is CCCNC(c1cccc(CCC)c1)c1cc(C)oc1C. The van der Waals surface area contributed by atoms with Gasteiger partial charge >= 0.3 is 0 Å². The molecule has 0 amide bonds. The molecule has 0 bridgehead atoms. The van der Waals surface area contributed by atoms with Gasteiger partial charge in [-0.2, -0.15) is 0 Å². The summed E-state index contributed by atoms with van der Waals surface area (Å²) in [7, 11) is 0. The molecule has 21 heavy (non-hydrogen) atoms. The zero-order valence-corrected chi connectivity index (χ0v) is 13.7. The molecule has 1 unspecified atom stereocenters. The second-order valence-electron chi connectivity index (χ2n) is 5.75. The number of nitrogens with one attached hydrogen (secondary N) is 1. The van der Waals surface area contributed by atoms with Gasteiger partial charge in [0.1, 0.15) is 11.5 Å². The molecule has 1 aromatic heterocycles. The van der Waals surface area contributed by atoms with Gasteiger partial charge in [0.05, 0.1) is 6.04 Å². The minimum absolute atomic E-state index is 0.221. The van der Waals surface area contributed by atoms with Crippen molar-refractivity contribution in [1.82, 2.24) is 5.32 Å². The molecular formula is C19H27NO. The van der Waals surface area contributed by atoms with E-state index in [1.165, 1.54) is 23.1 Å². The maximum absolute atomic E-state index is 5.73. The Morgan fingerprint density at radius 1 is 1.10 bits per heavy atom. The zero-order valence-electron chi connectivity index (χ0n) is 13.7. The van der Waals surface area contributed by atoms with Gasteiger partial charge in [0.15, 0.2) is 0 Å². The summed E-state index contributed by atoms with van der Waals surface area (Å²) >= 11 is 0. The van der Waals surface area contributed by atoms with Gasteiger partial charge in [0.25, 0.3) is 0 Å². The van der Waals surface area contributed by atoms with Crippen LogP contribution < -0.4 is 5.32 Å². The fraction of sp³-hybridized carbons (Fsp3) is 0.474. The van der Waals surface area contributed by atoms with Crippen LogP contribution in [-0.2, 0) is 6.42 Å². The van der Waals surface area contributed by atoms with Gasteiger partial charge in [-0.25, -0.2) is 0 Å². The Labute approximate surface area is 128 Å². The first-order chi connectivity index (χ1) is 10.2. The molecule has 2 rings (SSSR count). The number of furan rings is 1. The molecule has 2 heteroatoms. The van der Waals surface area contributed by atoms with Crippen LogP contribution in [0, 0.1) is 13.8 Å². The largest absolute Gasteiger partial charge is 0.466 e. The quantitative estimate of drug-likeness (QED) is 0.779. The van der Waals surface area contributed by atoms with E-state index >= 15 is 0 Å². The molecule has 1 heterocycles. The first-order valence-corrected chi connectivity index (χ1v) is 8.04. The molecule has 1 aromatic carbocycles. The number of aryl methyl sites for hydroxylation is 3. The second-order valence-corrected chi connectivity index (χ2v) is 5.75. The van der Waals surface area contributed by atoms with E-state index in [0.717, 1.165) is 30.9 Å². The van der Waals surface area contributed by atoms with E-state index in [-0.39, 0.29) is 6.04 Å². The monoisotopic (exact) mass is 285 g/mol. The summed E-state index contributed by atoms with van der Waals surface area (Å²) in [4.78, 5) is 0. The number of rotatable bonds is 7. The van der Waals surface area contributed by atoms with Gasteiger partial charge in [-0.3, -0.25) is 0 Å². The normalized spacial score (nSPS) is 12.6. The summed E-state index contributed by atoms with van der Waals surface area (Å²) in [6, 6.07) is 11.3. The van der Waals surface area contributed by atoms with Crippen molar-refractivity contribution in [3.63, 3.8) is 0 Å². The van der Waals surface area contributed by atoms with E-state index in [0.29, 0.717) is 0 Å². The van der Waals surface area contributed by atoms with Gasteiger partial charge < -0.3 is 9.73 Å². The van der Waals surface area contributed by atoms with Crippen molar-refractivity contribution in [3.8, 4) is 0 Å². The first kappa shape index (κ1) is 15.8. The van der Waals surface area contributed by atoms with Crippen LogP contribution in [0.25, 0.3) is 0 Å². The van der Waals surface area contributed by atoms with Gasteiger partial charge in [0.2, 0.25) is 0 Å². The third-order valence-corrected chi connectivity index (χ3v) is 3.81. The number of hydrogen-bond acceptors (Lipinski definition) is 2. The van der Waals surface area contributed by atoms with Gasteiger partial charge in [0, 0.05) is 5.56 Å². The summed E-state index contributed by atoms with van der Waals surface area (Å²) in [5, 5.41) is 3.67. The predicted molar refractivity (Wildman–Crippen MR) is 88.8 cm³/mol. The number of hydrogen-bond donors (Lipinski definition) is 1. The standard InChI is InChI=1S/C19H27NO/c1-5-8-16-9-7-10-17(13-16)19(20-11-6-2)18-12-14(3)21-15(18)4/h7,9-10,12-13,19-20H,5-6,8,11H2,1-4H3. The lowest BCUT2D eigenvalue weighted by molar-refractivity contribution is 0.493. The van der Waals surface area contributed by atoms with Crippen LogP contribution in [0.4, 0.5) is 0 Å². The highest BCUT2D eigenvalue weighted by atomic mass is 16.3. The number of benzene rings is 1. The summed E-state index contributed by atoms with van der Waals surface area (Å²) < 4.78 is 5.73. The lowest BCUT2D eigenvalue weighted by atomic mass is 9.96. The highest BCUT2D eigenvalue weighted by Crippen LogP contribution is 2.28. The van der Waals surface area contributed by atoms with Crippen LogP contribution >= 0.6 is 0 Å².